The van der Waals surface area contributed by atoms with E-state index in [1.54, 1.807) is 0 Å². The molecule has 6 heteroatoms. The van der Waals surface area contributed by atoms with Gasteiger partial charge in [0.1, 0.15) is 5.69 Å². The van der Waals surface area contributed by atoms with Gasteiger partial charge in [-0.05, 0) is 5.56 Å². The summed E-state index contributed by atoms with van der Waals surface area (Å²) in [6.07, 6.45) is 2.08. The summed E-state index contributed by atoms with van der Waals surface area (Å²) in [6, 6.07) is 10.1. The topological polar surface area (TPSA) is 61.2 Å². The third kappa shape index (κ3) is 4.35. The second-order valence-corrected chi connectivity index (χ2v) is 5.11. The maximum atomic E-state index is 5.65. The van der Waals surface area contributed by atoms with Crippen LogP contribution >= 0.6 is 0 Å². The van der Waals surface area contributed by atoms with Crippen LogP contribution in [-0.4, -0.2) is 40.8 Å². The monoisotopic (exact) mass is 288 g/mol. The number of ether oxygens (including phenoxy) is 2. The van der Waals surface area contributed by atoms with Gasteiger partial charge in [0.25, 0.3) is 0 Å². The first-order valence-electron chi connectivity index (χ1n) is 7.23. The lowest BCUT2D eigenvalue weighted by Crippen LogP contribution is -2.40. The predicted octanol–water partition coefficient (Wildman–Crippen LogP) is 0.983. The third-order valence-corrected chi connectivity index (χ3v) is 3.34. The fourth-order valence-electron chi connectivity index (χ4n) is 2.29. The van der Waals surface area contributed by atoms with E-state index >= 15 is 0 Å². The molecule has 112 valence electrons. The minimum absolute atomic E-state index is 0.165. The molecule has 0 radical (unpaired) electrons. The highest BCUT2D eigenvalue weighted by Crippen LogP contribution is 2.05. The molecule has 0 saturated carbocycles. The number of hydrogen-bond acceptors (Lipinski definition) is 5. The zero-order chi connectivity index (χ0) is 14.3. The Morgan fingerprint density at radius 3 is 3.00 bits per heavy atom. The highest BCUT2D eigenvalue weighted by Gasteiger charge is 2.14. The number of benzene rings is 1. The minimum Gasteiger partial charge on any atom is -0.374 e. The smallest absolute Gasteiger partial charge is 0.108 e. The normalized spacial score (nSPS) is 18.8. The summed E-state index contributed by atoms with van der Waals surface area (Å²) >= 11 is 0. The maximum Gasteiger partial charge on any atom is 0.108 e. The molecule has 1 atom stereocenters. The van der Waals surface area contributed by atoms with E-state index in [0.717, 1.165) is 37.5 Å². The van der Waals surface area contributed by atoms with Crippen LogP contribution in [0.5, 0.6) is 0 Å². The van der Waals surface area contributed by atoms with E-state index in [1.165, 1.54) is 0 Å². The average molecular weight is 288 g/mol. The van der Waals surface area contributed by atoms with Crippen LogP contribution in [-0.2, 0) is 29.2 Å². The van der Waals surface area contributed by atoms with Crippen molar-refractivity contribution in [3.05, 3.63) is 47.8 Å². The van der Waals surface area contributed by atoms with Crippen LogP contribution in [0.2, 0.25) is 0 Å². The van der Waals surface area contributed by atoms with Crippen molar-refractivity contribution in [3.63, 3.8) is 0 Å². The molecule has 0 unspecified atom stereocenters. The standard InChI is InChI=1S/C15H20N4O2/c1-2-4-13(5-3-1)11-20-12-14-9-19(18-17-14)10-15-8-16-6-7-21-15/h1-5,9,15-16H,6-8,10-12H2/t15-/m1/s1. The Balaban J connectivity index is 1.44. The summed E-state index contributed by atoms with van der Waals surface area (Å²) in [7, 11) is 0. The second-order valence-electron chi connectivity index (χ2n) is 5.11. The van der Waals surface area contributed by atoms with E-state index in [2.05, 4.69) is 15.6 Å². The summed E-state index contributed by atoms with van der Waals surface area (Å²) in [5.74, 6) is 0. The summed E-state index contributed by atoms with van der Waals surface area (Å²) in [5, 5.41) is 11.5. The van der Waals surface area contributed by atoms with Gasteiger partial charge in [-0.3, -0.25) is 0 Å². The Kier molecular flexibility index (Phi) is 4.94. The van der Waals surface area contributed by atoms with Gasteiger partial charge in [0.15, 0.2) is 0 Å². The highest BCUT2D eigenvalue weighted by molar-refractivity contribution is 5.13. The SMILES string of the molecule is c1ccc(COCc2cn(C[C@H]3CNCCO3)nn2)cc1. The molecule has 0 bridgehead atoms. The zero-order valence-electron chi connectivity index (χ0n) is 11.9. The Bertz CT molecular complexity index is 538. The molecule has 1 aromatic heterocycles. The van der Waals surface area contributed by atoms with Crippen LogP contribution in [0.25, 0.3) is 0 Å². The molecule has 0 amide bonds. The Hall–Kier alpha value is -1.76. The van der Waals surface area contributed by atoms with Crippen molar-refractivity contribution in [1.29, 1.82) is 0 Å². The van der Waals surface area contributed by atoms with E-state index in [1.807, 2.05) is 41.2 Å². The fraction of sp³-hybridized carbons (Fsp3) is 0.467. The lowest BCUT2D eigenvalue weighted by molar-refractivity contribution is 0.0158. The van der Waals surface area contributed by atoms with Crippen molar-refractivity contribution >= 4 is 0 Å². The molecule has 1 aliphatic heterocycles. The fourth-order valence-corrected chi connectivity index (χ4v) is 2.29. The van der Waals surface area contributed by atoms with Gasteiger partial charge in [-0.1, -0.05) is 35.5 Å². The lowest BCUT2D eigenvalue weighted by Gasteiger charge is -2.23. The largest absolute Gasteiger partial charge is 0.374 e. The van der Waals surface area contributed by atoms with Crippen LogP contribution in [0.4, 0.5) is 0 Å². The number of morpholine rings is 1. The average Bonchev–Trinajstić information content (AvgIpc) is 2.97. The van der Waals surface area contributed by atoms with Crippen molar-refractivity contribution in [2.24, 2.45) is 0 Å². The van der Waals surface area contributed by atoms with Gasteiger partial charge in [0, 0.05) is 13.1 Å². The Labute approximate surface area is 124 Å². The molecule has 1 N–H and O–H groups in total. The molecule has 1 aromatic carbocycles. The van der Waals surface area contributed by atoms with Crippen molar-refractivity contribution in [2.45, 2.75) is 25.9 Å². The molecular formula is C15H20N4O2. The quantitative estimate of drug-likeness (QED) is 0.858. The second kappa shape index (κ2) is 7.31. The first kappa shape index (κ1) is 14.2. The van der Waals surface area contributed by atoms with Gasteiger partial charge in [-0.15, -0.1) is 5.10 Å². The summed E-state index contributed by atoms with van der Waals surface area (Å²) in [5.41, 5.74) is 2.00. The number of nitrogens with one attached hydrogen (secondary N) is 1. The molecule has 21 heavy (non-hydrogen) atoms. The number of nitrogens with zero attached hydrogens (tertiary/aromatic N) is 3. The van der Waals surface area contributed by atoms with Gasteiger partial charge in [-0.25, -0.2) is 4.68 Å². The van der Waals surface area contributed by atoms with Crippen LogP contribution in [0.1, 0.15) is 11.3 Å². The number of aromatic nitrogens is 3. The molecule has 6 nitrogen and oxygen atoms in total. The van der Waals surface area contributed by atoms with Crippen LogP contribution in [0.15, 0.2) is 36.5 Å². The van der Waals surface area contributed by atoms with Gasteiger partial charge in [-0.2, -0.15) is 0 Å². The molecule has 2 heterocycles. The van der Waals surface area contributed by atoms with Gasteiger partial charge < -0.3 is 14.8 Å². The van der Waals surface area contributed by atoms with Crippen LogP contribution < -0.4 is 5.32 Å². The molecule has 0 spiro atoms. The Morgan fingerprint density at radius 2 is 2.19 bits per heavy atom. The van der Waals surface area contributed by atoms with Gasteiger partial charge in [0.05, 0.1) is 38.7 Å². The van der Waals surface area contributed by atoms with Crippen molar-refractivity contribution in [1.82, 2.24) is 20.3 Å². The molecule has 1 saturated heterocycles. The lowest BCUT2D eigenvalue weighted by atomic mass is 10.2. The third-order valence-electron chi connectivity index (χ3n) is 3.34. The van der Waals surface area contributed by atoms with E-state index in [-0.39, 0.29) is 6.10 Å². The summed E-state index contributed by atoms with van der Waals surface area (Å²) < 4.78 is 13.1. The highest BCUT2D eigenvalue weighted by atomic mass is 16.5. The van der Waals surface area contributed by atoms with Crippen molar-refractivity contribution in [3.8, 4) is 0 Å². The van der Waals surface area contributed by atoms with Crippen LogP contribution in [0, 0.1) is 0 Å². The molecule has 2 aromatic rings. The number of hydrogen-bond donors (Lipinski definition) is 1. The molecular weight excluding hydrogens is 268 g/mol. The minimum atomic E-state index is 0.165. The molecule has 1 fully saturated rings. The van der Waals surface area contributed by atoms with Gasteiger partial charge >= 0.3 is 0 Å². The van der Waals surface area contributed by atoms with Crippen LogP contribution in [0.3, 0.4) is 0 Å². The van der Waals surface area contributed by atoms with E-state index in [9.17, 15) is 0 Å². The van der Waals surface area contributed by atoms with Crippen molar-refractivity contribution in [2.75, 3.05) is 19.7 Å². The van der Waals surface area contributed by atoms with Crippen molar-refractivity contribution < 1.29 is 9.47 Å². The van der Waals surface area contributed by atoms with E-state index < -0.39 is 0 Å². The van der Waals surface area contributed by atoms with E-state index in [4.69, 9.17) is 9.47 Å². The molecule has 1 aliphatic rings. The Morgan fingerprint density at radius 1 is 1.29 bits per heavy atom. The van der Waals surface area contributed by atoms with Gasteiger partial charge in [0.2, 0.25) is 0 Å². The first-order chi connectivity index (χ1) is 10.4. The van der Waals surface area contributed by atoms with E-state index in [0.29, 0.717) is 13.2 Å². The number of rotatable bonds is 6. The maximum absolute atomic E-state index is 5.65. The first-order valence-corrected chi connectivity index (χ1v) is 7.23. The summed E-state index contributed by atoms with van der Waals surface area (Å²) in [4.78, 5) is 0. The zero-order valence-corrected chi connectivity index (χ0v) is 11.9. The molecule has 3 rings (SSSR count). The molecule has 0 aliphatic carbocycles. The summed E-state index contributed by atoms with van der Waals surface area (Å²) in [6.45, 7) is 4.32. The predicted molar refractivity (Wildman–Crippen MR) is 77.6 cm³/mol.